The van der Waals surface area contributed by atoms with E-state index in [1.807, 2.05) is 24.0 Å². The molecule has 0 saturated carbocycles. The smallest absolute Gasteiger partial charge is 0.377 e. The highest BCUT2D eigenvalue weighted by atomic mass is 19.4. The summed E-state index contributed by atoms with van der Waals surface area (Å²) >= 11 is 0. The fourth-order valence-electron chi connectivity index (χ4n) is 4.43. The Labute approximate surface area is 181 Å². The van der Waals surface area contributed by atoms with E-state index in [2.05, 4.69) is 9.97 Å². The molecule has 0 amide bonds. The summed E-state index contributed by atoms with van der Waals surface area (Å²) in [7, 11) is 0. The van der Waals surface area contributed by atoms with Gasteiger partial charge in [0.2, 0.25) is 5.95 Å². The molecule has 2 atom stereocenters. The van der Waals surface area contributed by atoms with E-state index >= 15 is 0 Å². The lowest BCUT2D eigenvalue weighted by Gasteiger charge is -2.40. The van der Waals surface area contributed by atoms with Gasteiger partial charge in [-0.15, -0.1) is 0 Å². The number of pyridine rings is 1. The van der Waals surface area contributed by atoms with E-state index in [4.69, 9.17) is 4.74 Å². The molecule has 2 aliphatic rings. The Hall–Kier alpha value is -3.08. The van der Waals surface area contributed by atoms with Crippen molar-refractivity contribution in [1.82, 2.24) is 18.9 Å². The molecule has 2 aliphatic heterocycles. The van der Waals surface area contributed by atoms with Gasteiger partial charge < -0.3 is 18.9 Å². The molecule has 0 bridgehead atoms. The van der Waals surface area contributed by atoms with Gasteiger partial charge in [0, 0.05) is 31.5 Å². The fourth-order valence-corrected chi connectivity index (χ4v) is 4.43. The fraction of sp³-hybridized carbons (Fsp3) is 0.476. The predicted molar refractivity (Wildman–Crippen MR) is 112 cm³/mol. The van der Waals surface area contributed by atoms with Gasteiger partial charge in [-0.25, -0.2) is 4.98 Å². The van der Waals surface area contributed by atoms with Crippen LogP contribution in [-0.4, -0.2) is 57.0 Å². The maximum Gasteiger partial charge on any atom is 0.408 e. The summed E-state index contributed by atoms with van der Waals surface area (Å²) in [4.78, 5) is 25.0. The Balaban J connectivity index is 1.58. The first-order valence-corrected chi connectivity index (χ1v) is 10.5. The molecule has 3 aromatic rings. The van der Waals surface area contributed by atoms with Crippen molar-refractivity contribution >= 4 is 17.4 Å². The molecule has 1 saturated heterocycles. The van der Waals surface area contributed by atoms with Gasteiger partial charge in [-0.3, -0.25) is 9.36 Å². The van der Waals surface area contributed by atoms with Crippen LogP contribution in [0.1, 0.15) is 19.0 Å². The average Bonchev–Trinajstić information content (AvgIpc) is 3.16. The normalized spacial score (nSPS) is 21.8. The van der Waals surface area contributed by atoms with E-state index < -0.39 is 12.2 Å². The van der Waals surface area contributed by atoms with E-state index in [1.54, 1.807) is 22.9 Å². The molecule has 32 heavy (non-hydrogen) atoms. The van der Waals surface area contributed by atoms with Crippen molar-refractivity contribution in [1.29, 1.82) is 0 Å². The minimum absolute atomic E-state index is 0.0248. The molecule has 0 spiro atoms. The number of alkyl halides is 3. The molecule has 0 N–H and O–H groups in total. The standard InChI is InChI=1S/C21H23F3N6O2/c1-14-13-32-9-8-28(14)18-10-19(31)29-7-5-16(21(22,23)24)30(20(29)26-18)12-15-11-27-6-3-2-4-17(27)25-15/h2-4,6,10-11,14,16H,5,7-9,12-13H2,1H3. The van der Waals surface area contributed by atoms with Crippen molar-refractivity contribution in [3.05, 3.63) is 52.7 Å². The Morgan fingerprint density at radius 2 is 2.06 bits per heavy atom. The summed E-state index contributed by atoms with van der Waals surface area (Å²) in [6.45, 7) is 3.25. The van der Waals surface area contributed by atoms with E-state index in [0.29, 0.717) is 36.9 Å². The highest BCUT2D eigenvalue weighted by molar-refractivity contribution is 5.48. The van der Waals surface area contributed by atoms with Crippen molar-refractivity contribution in [3.63, 3.8) is 0 Å². The zero-order chi connectivity index (χ0) is 22.5. The molecule has 1 fully saturated rings. The number of imidazole rings is 1. The highest BCUT2D eigenvalue weighted by Crippen LogP contribution is 2.35. The summed E-state index contributed by atoms with van der Waals surface area (Å²) in [5.41, 5.74) is 0.756. The lowest BCUT2D eigenvalue weighted by atomic mass is 10.1. The largest absolute Gasteiger partial charge is 0.408 e. The van der Waals surface area contributed by atoms with Crippen LogP contribution in [0.4, 0.5) is 24.9 Å². The summed E-state index contributed by atoms with van der Waals surface area (Å²) < 4.78 is 50.5. The van der Waals surface area contributed by atoms with Gasteiger partial charge in [-0.1, -0.05) is 6.07 Å². The third-order valence-corrected chi connectivity index (χ3v) is 6.02. The first-order chi connectivity index (χ1) is 15.3. The number of rotatable bonds is 3. The molecule has 5 rings (SSSR count). The van der Waals surface area contributed by atoms with Gasteiger partial charge >= 0.3 is 6.18 Å². The molecular formula is C21H23F3N6O2. The van der Waals surface area contributed by atoms with Crippen molar-refractivity contribution in [2.24, 2.45) is 0 Å². The summed E-state index contributed by atoms with van der Waals surface area (Å²) in [5.74, 6) is 0.400. The quantitative estimate of drug-likeness (QED) is 0.613. The van der Waals surface area contributed by atoms with Crippen molar-refractivity contribution in [2.45, 2.75) is 44.7 Å². The lowest BCUT2D eigenvalue weighted by molar-refractivity contribution is -0.153. The van der Waals surface area contributed by atoms with Crippen LogP contribution in [0.25, 0.3) is 5.65 Å². The van der Waals surface area contributed by atoms with E-state index in [1.165, 1.54) is 15.5 Å². The van der Waals surface area contributed by atoms with Gasteiger partial charge in [0.05, 0.1) is 31.5 Å². The van der Waals surface area contributed by atoms with Crippen molar-refractivity contribution in [2.75, 3.05) is 29.6 Å². The molecule has 0 aliphatic carbocycles. The molecule has 3 aromatic heterocycles. The van der Waals surface area contributed by atoms with Crippen LogP contribution in [-0.2, 0) is 17.8 Å². The highest BCUT2D eigenvalue weighted by Gasteiger charge is 2.47. The second-order valence-corrected chi connectivity index (χ2v) is 8.19. The number of nitrogens with zero attached hydrogens (tertiary/aromatic N) is 6. The Kier molecular flexibility index (Phi) is 5.07. The number of ether oxygens (including phenoxy) is 1. The molecule has 170 valence electrons. The van der Waals surface area contributed by atoms with Crippen LogP contribution in [0.2, 0.25) is 0 Å². The number of hydrogen-bond donors (Lipinski definition) is 0. The van der Waals surface area contributed by atoms with E-state index in [0.717, 1.165) is 0 Å². The molecule has 2 unspecified atom stereocenters. The summed E-state index contributed by atoms with van der Waals surface area (Å²) in [6, 6.07) is 5.05. The maximum absolute atomic E-state index is 14.0. The second kappa shape index (κ2) is 7.80. The van der Waals surface area contributed by atoms with Crippen molar-refractivity contribution < 1.29 is 17.9 Å². The Morgan fingerprint density at radius 3 is 2.81 bits per heavy atom. The Morgan fingerprint density at radius 1 is 1.22 bits per heavy atom. The lowest BCUT2D eigenvalue weighted by Crippen LogP contribution is -2.52. The third kappa shape index (κ3) is 3.70. The van der Waals surface area contributed by atoms with E-state index in [9.17, 15) is 18.0 Å². The molecule has 5 heterocycles. The third-order valence-electron chi connectivity index (χ3n) is 6.02. The van der Waals surface area contributed by atoms with Crippen LogP contribution in [0.5, 0.6) is 0 Å². The van der Waals surface area contributed by atoms with Crippen LogP contribution in [0.15, 0.2) is 41.5 Å². The minimum atomic E-state index is -4.47. The van der Waals surface area contributed by atoms with Crippen LogP contribution in [0, 0.1) is 0 Å². The summed E-state index contributed by atoms with van der Waals surface area (Å²) in [6.07, 6.45) is -1.20. The Bertz CT molecular complexity index is 1160. The van der Waals surface area contributed by atoms with Crippen LogP contribution in [0.3, 0.4) is 0 Å². The molecule has 8 nitrogen and oxygen atoms in total. The van der Waals surface area contributed by atoms with Crippen molar-refractivity contribution in [3.8, 4) is 0 Å². The van der Waals surface area contributed by atoms with Gasteiger partial charge in [-0.05, 0) is 25.5 Å². The molecular weight excluding hydrogens is 425 g/mol. The first-order valence-electron chi connectivity index (χ1n) is 10.5. The topological polar surface area (TPSA) is 67.9 Å². The minimum Gasteiger partial charge on any atom is -0.377 e. The molecule has 0 radical (unpaired) electrons. The molecule has 0 aromatic carbocycles. The van der Waals surface area contributed by atoms with Crippen LogP contribution >= 0.6 is 0 Å². The predicted octanol–water partition coefficient (Wildman–Crippen LogP) is 2.46. The number of halogens is 3. The SMILES string of the molecule is CC1COCCN1c1cc(=O)n2c(n1)N(Cc1cn3ccccc3n1)C(C(F)(F)F)CC2. The number of anilines is 2. The van der Waals surface area contributed by atoms with Gasteiger partial charge in [0.1, 0.15) is 17.5 Å². The molecule has 11 heteroatoms. The first kappa shape index (κ1) is 20.8. The van der Waals surface area contributed by atoms with Gasteiger partial charge in [0.25, 0.3) is 5.56 Å². The number of morpholine rings is 1. The monoisotopic (exact) mass is 448 g/mol. The number of aromatic nitrogens is 4. The second-order valence-electron chi connectivity index (χ2n) is 8.19. The maximum atomic E-state index is 14.0. The van der Waals surface area contributed by atoms with E-state index in [-0.39, 0.29) is 37.1 Å². The van der Waals surface area contributed by atoms with Gasteiger partial charge in [-0.2, -0.15) is 18.2 Å². The van der Waals surface area contributed by atoms with Crippen LogP contribution < -0.4 is 15.4 Å². The van der Waals surface area contributed by atoms with Gasteiger partial charge in [0.15, 0.2) is 0 Å². The zero-order valence-corrected chi connectivity index (χ0v) is 17.5. The average molecular weight is 448 g/mol. The number of fused-ring (bicyclic) bond motifs is 2. The summed E-state index contributed by atoms with van der Waals surface area (Å²) in [5, 5.41) is 0. The number of hydrogen-bond acceptors (Lipinski definition) is 6. The zero-order valence-electron chi connectivity index (χ0n) is 17.5.